The van der Waals surface area contributed by atoms with Crippen LogP contribution < -0.4 is 5.32 Å². The number of carbonyl (C=O) groups is 1. The van der Waals surface area contributed by atoms with Crippen LogP contribution in [0.2, 0.25) is 0 Å². The van der Waals surface area contributed by atoms with E-state index in [9.17, 15) is 9.90 Å². The molecule has 1 fully saturated rings. The van der Waals surface area contributed by atoms with Gasteiger partial charge in [-0.2, -0.15) is 5.10 Å². The molecule has 0 aliphatic carbocycles. The van der Waals surface area contributed by atoms with Crippen molar-refractivity contribution in [2.45, 2.75) is 51.4 Å². The monoisotopic (exact) mass is 473 g/mol. The molecule has 0 radical (unpaired) electrons. The summed E-state index contributed by atoms with van der Waals surface area (Å²) < 4.78 is 1.90. The summed E-state index contributed by atoms with van der Waals surface area (Å²) in [6.07, 6.45) is 7.51. The van der Waals surface area contributed by atoms with Crippen molar-refractivity contribution in [2.75, 3.05) is 31.5 Å². The lowest BCUT2D eigenvalue weighted by Gasteiger charge is -2.24. The van der Waals surface area contributed by atoms with Gasteiger partial charge in [0.1, 0.15) is 5.82 Å². The second kappa shape index (κ2) is 10.6. The molecule has 1 aromatic carbocycles. The zero-order valence-electron chi connectivity index (χ0n) is 20.5. The number of likely N-dealkylation sites (tertiary alicyclic amines) is 1. The van der Waals surface area contributed by atoms with Crippen LogP contribution in [0, 0.1) is 12.8 Å². The van der Waals surface area contributed by atoms with Crippen LogP contribution in [-0.4, -0.2) is 56.9 Å². The summed E-state index contributed by atoms with van der Waals surface area (Å²) in [6.45, 7) is 5.86. The second-order valence-electron chi connectivity index (χ2n) is 10.1. The van der Waals surface area contributed by atoms with Crippen molar-refractivity contribution in [2.24, 2.45) is 5.92 Å². The van der Waals surface area contributed by atoms with Crippen molar-refractivity contribution in [1.29, 1.82) is 0 Å². The molecule has 2 unspecified atom stereocenters. The molecule has 2 aliphatic rings. The summed E-state index contributed by atoms with van der Waals surface area (Å²) in [5.74, 6) is 0.907. The van der Waals surface area contributed by atoms with Gasteiger partial charge in [-0.25, -0.2) is 9.67 Å². The number of anilines is 1. The Kier molecular flexibility index (Phi) is 7.13. The van der Waals surface area contributed by atoms with Crippen LogP contribution in [0.3, 0.4) is 0 Å². The third-order valence-corrected chi connectivity index (χ3v) is 7.45. The van der Waals surface area contributed by atoms with E-state index in [1.54, 1.807) is 6.20 Å². The topological polar surface area (TPSA) is 83.3 Å². The van der Waals surface area contributed by atoms with Gasteiger partial charge in [0.15, 0.2) is 0 Å². The first-order valence-electron chi connectivity index (χ1n) is 12.8. The lowest BCUT2D eigenvalue weighted by atomic mass is 9.94. The van der Waals surface area contributed by atoms with Crippen LogP contribution in [0.1, 0.15) is 54.1 Å². The number of aryl methyl sites for hydroxylation is 3. The van der Waals surface area contributed by atoms with Crippen LogP contribution in [0.25, 0.3) is 5.69 Å². The molecular formula is C28H35N5O2. The Morgan fingerprint density at radius 2 is 2.17 bits per heavy atom. The molecule has 0 saturated carbocycles. The minimum absolute atomic E-state index is 0.0459. The third-order valence-electron chi connectivity index (χ3n) is 7.45. The number of aromatic nitrogens is 3. The Morgan fingerprint density at radius 3 is 3.00 bits per heavy atom. The maximum atomic E-state index is 11.7. The summed E-state index contributed by atoms with van der Waals surface area (Å²) in [4.78, 5) is 19.0. The average molecular weight is 474 g/mol. The second-order valence-corrected chi connectivity index (χ2v) is 10.1. The third kappa shape index (κ3) is 5.73. The lowest BCUT2D eigenvalue weighted by molar-refractivity contribution is -0.137. The van der Waals surface area contributed by atoms with Gasteiger partial charge in [-0.3, -0.25) is 4.79 Å². The lowest BCUT2D eigenvalue weighted by Crippen LogP contribution is -2.28. The zero-order valence-corrected chi connectivity index (χ0v) is 20.5. The highest BCUT2D eigenvalue weighted by Crippen LogP contribution is 2.29. The number of hydrogen-bond donors (Lipinski definition) is 2. The molecule has 0 amide bonds. The van der Waals surface area contributed by atoms with E-state index in [-0.39, 0.29) is 12.3 Å². The number of nitrogens with one attached hydrogen (secondary N) is 1. The Morgan fingerprint density at radius 1 is 1.26 bits per heavy atom. The van der Waals surface area contributed by atoms with Crippen molar-refractivity contribution in [1.82, 2.24) is 19.7 Å². The van der Waals surface area contributed by atoms with Crippen LogP contribution >= 0.6 is 0 Å². The van der Waals surface area contributed by atoms with Crippen LogP contribution in [0.4, 0.5) is 5.82 Å². The average Bonchev–Trinajstić information content (AvgIpc) is 3.50. The van der Waals surface area contributed by atoms with Gasteiger partial charge >= 0.3 is 5.97 Å². The molecule has 35 heavy (non-hydrogen) atoms. The molecule has 2 N–H and O–H groups in total. The molecular weight excluding hydrogens is 438 g/mol. The fraction of sp³-hybridized carbons (Fsp3) is 0.464. The summed E-state index contributed by atoms with van der Waals surface area (Å²) in [5, 5.41) is 17.5. The molecule has 4 heterocycles. The van der Waals surface area contributed by atoms with Crippen LogP contribution in [0.15, 0.2) is 48.7 Å². The van der Waals surface area contributed by atoms with Crippen LogP contribution in [-0.2, 0) is 17.6 Å². The first-order valence-corrected chi connectivity index (χ1v) is 12.8. The van der Waals surface area contributed by atoms with Crippen molar-refractivity contribution in [3.05, 3.63) is 71.2 Å². The molecule has 0 bridgehead atoms. The molecule has 2 aromatic heterocycles. The fourth-order valence-electron chi connectivity index (χ4n) is 5.53. The van der Waals surface area contributed by atoms with Gasteiger partial charge < -0.3 is 15.3 Å². The Labute approximate surface area is 207 Å². The Balaban J connectivity index is 1.20. The maximum absolute atomic E-state index is 11.7. The van der Waals surface area contributed by atoms with Gasteiger partial charge in [0.2, 0.25) is 0 Å². The number of carboxylic acids is 1. The molecule has 184 valence electrons. The summed E-state index contributed by atoms with van der Waals surface area (Å²) in [6, 6.07) is 14.6. The summed E-state index contributed by atoms with van der Waals surface area (Å²) >= 11 is 0. The number of rotatable bonds is 9. The minimum atomic E-state index is -0.751. The normalized spacial score (nSPS) is 18.7. The zero-order chi connectivity index (χ0) is 24.2. The van der Waals surface area contributed by atoms with E-state index >= 15 is 0 Å². The molecule has 0 spiro atoms. The number of pyridine rings is 1. The van der Waals surface area contributed by atoms with Gasteiger partial charge in [0, 0.05) is 43.1 Å². The number of hydrogen-bond acceptors (Lipinski definition) is 5. The van der Waals surface area contributed by atoms with E-state index in [2.05, 4.69) is 39.6 Å². The number of carboxylic acid groups (broad SMARTS) is 1. The SMILES string of the molecule is Cc1ccnn1-c1cccc(C(CC(=O)O)CN2CCC(CCc3ccc4c(n3)NCCC4)C2)c1. The predicted octanol–water partition coefficient (Wildman–Crippen LogP) is 4.45. The number of aliphatic carboxylic acids is 1. The molecule has 1 saturated heterocycles. The first-order chi connectivity index (χ1) is 17.0. The highest BCUT2D eigenvalue weighted by molar-refractivity contribution is 5.68. The van der Waals surface area contributed by atoms with Crippen molar-refractivity contribution in [3.63, 3.8) is 0 Å². The van der Waals surface area contributed by atoms with Gasteiger partial charge in [0.25, 0.3) is 0 Å². The van der Waals surface area contributed by atoms with Gasteiger partial charge in [-0.05, 0) is 86.9 Å². The number of nitrogens with zero attached hydrogens (tertiary/aromatic N) is 4. The summed E-state index contributed by atoms with van der Waals surface area (Å²) in [5.41, 5.74) is 5.61. The Hall–Kier alpha value is -3.19. The molecule has 5 rings (SSSR count). The molecule has 3 aromatic rings. The van der Waals surface area contributed by atoms with Crippen molar-refractivity contribution >= 4 is 11.8 Å². The fourth-order valence-corrected chi connectivity index (χ4v) is 5.53. The minimum Gasteiger partial charge on any atom is -0.481 e. The molecule has 7 nitrogen and oxygen atoms in total. The van der Waals surface area contributed by atoms with E-state index < -0.39 is 5.97 Å². The highest BCUT2D eigenvalue weighted by atomic mass is 16.4. The maximum Gasteiger partial charge on any atom is 0.304 e. The molecule has 2 aliphatic heterocycles. The summed E-state index contributed by atoms with van der Waals surface area (Å²) in [7, 11) is 0. The van der Waals surface area contributed by atoms with E-state index in [4.69, 9.17) is 4.98 Å². The molecule has 2 atom stereocenters. The Bertz CT molecular complexity index is 1170. The van der Waals surface area contributed by atoms with E-state index in [0.29, 0.717) is 5.92 Å². The quantitative estimate of drug-likeness (QED) is 0.478. The van der Waals surface area contributed by atoms with Crippen molar-refractivity contribution < 1.29 is 9.90 Å². The van der Waals surface area contributed by atoms with E-state index in [0.717, 1.165) is 74.6 Å². The van der Waals surface area contributed by atoms with Gasteiger partial charge in [-0.15, -0.1) is 0 Å². The predicted molar refractivity (Wildman–Crippen MR) is 137 cm³/mol. The largest absolute Gasteiger partial charge is 0.481 e. The van der Waals surface area contributed by atoms with E-state index in [1.165, 1.54) is 17.7 Å². The standard InChI is InChI=1S/C28H35N5O2/c1-20-11-14-30-33(20)26-6-2-4-23(16-26)24(17-27(34)35)19-32-15-12-21(18-32)7-9-25-10-8-22-5-3-13-29-28(22)31-25/h2,4,6,8,10-11,14,16,21,24H,3,5,7,9,12-13,15,17-19H2,1H3,(H,29,31)(H,34,35). The highest BCUT2D eigenvalue weighted by Gasteiger charge is 2.27. The number of fused-ring (bicyclic) bond motifs is 1. The first kappa shape index (κ1) is 23.5. The van der Waals surface area contributed by atoms with Gasteiger partial charge in [0.05, 0.1) is 12.1 Å². The smallest absolute Gasteiger partial charge is 0.304 e. The number of benzene rings is 1. The molecule has 7 heteroatoms. The van der Waals surface area contributed by atoms with E-state index in [1.807, 2.05) is 29.8 Å². The van der Waals surface area contributed by atoms with Gasteiger partial charge in [-0.1, -0.05) is 18.2 Å². The van der Waals surface area contributed by atoms with Crippen LogP contribution in [0.5, 0.6) is 0 Å². The van der Waals surface area contributed by atoms with Crippen molar-refractivity contribution in [3.8, 4) is 5.69 Å².